The number of furan rings is 1. The van der Waals surface area contributed by atoms with E-state index in [-0.39, 0.29) is 0 Å². The van der Waals surface area contributed by atoms with Gasteiger partial charge in [0.05, 0.1) is 23.0 Å². The Bertz CT molecular complexity index is 1590. The molecule has 0 radical (unpaired) electrons. The third kappa shape index (κ3) is 4.04. The first-order valence-corrected chi connectivity index (χ1v) is 10.6. The lowest BCUT2D eigenvalue weighted by atomic mass is 10.1. The molecule has 0 aliphatic carbocycles. The molecule has 0 bridgehead atoms. The summed E-state index contributed by atoms with van der Waals surface area (Å²) in [4.78, 5) is 25.3. The number of nitrogens with one attached hydrogen (secondary N) is 1. The van der Waals surface area contributed by atoms with Gasteiger partial charge in [-0.15, -0.1) is 0 Å². The molecule has 0 aliphatic rings. The van der Waals surface area contributed by atoms with Gasteiger partial charge in [-0.3, -0.25) is 4.79 Å². The van der Waals surface area contributed by atoms with Gasteiger partial charge in [0.25, 0.3) is 5.91 Å². The summed E-state index contributed by atoms with van der Waals surface area (Å²) in [6.45, 7) is 3.49. The summed E-state index contributed by atoms with van der Waals surface area (Å²) in [5.41, 5.74) is 4.91. The lowest BCUT2D eigenvalue weighted by Gasteiger charge is -2.01. The van der Waals surface area contributed by atoms with E-state index < -0.39 is 11.5 Å². The number of carbonyl (C=O) groups is 1. The number of aryl methyl sites for hydroxylation is 2. The Balaban J connectivity index is 1.55. The lowest BCUT2D eigenvalue weighted by Crippen LogP contribution is -2.17. The minimum atomic E-state index is -0.514. The molecule has 34 heavy (non-hydrogen) atoms. The summed E-state index contributed by atoms with van der Waals surface area (Å²) in [6.07, 6.45) is 3.19. The van der Waals surface area contributed by atoms with E-state index in [2.05, 4.69) is 15.6 Å². The minimum Gasteiger partial charge on any atom is -0.466 e. The molecule has 0 aliphatic heterocycles. The van der Waals surface area contributed by atoms with Crippen molar-refractivity contribution in [1.29, 1.82) is 0 Å². The topological polar surface area (TPSA) is 103 Å². The Kier molecular flexibility index (Phi) is 5.39. The van der Waals surface area contributed by atoms with E-state index in [1.54, 1.807) is 49.0 Å². The van der Waals surface area contributed by atoms with Crippen molar-refractivity contribution in [2.75, 3.05) is 0 Å². The smallest absolute Gasteiger partial charge is 0.345 e. The van der Waals surface area contributed by atoms with Crippen LogP contribution in [0.2, 0.25) is 0 Å². The molecule has 1 amide bonds. The molecule has 3 heterocycles. The molecule has 168 valence electrons. The Morgan fingerprint density at radius 3 is 2.56 bits per heavy atom. The molecule has 0 saturated heterocycles. The van der Waals surface area contributed by atoms with Gasteiger partial charge in [-0.1, -0.05) is 36.4 Å². The summed E-state index contributed by atoms with van der Waals surface area (Å²) in [5.74, 6) is 0.755. The van der Waals surface area contributed by atoms with E-state index in [4.69, 9.17) is 8.83 Å². The Morgan fingerprint density at radius 2 is 1.79 bits per heavy atom. The number of rotatable bonds is 5. The largest absolute Gasteiger partial charge is 0.466 e. The third-order valence-electron chi connectivity index (χ3n) is 5.32. The number of aromatic nitrogens is 2. The molecule has 0 spiro atoms. The van der Waals surface area contributed by atoms with Crippen LogP contribution >= 0.6 is 0 Å². The number of fused-ring (bicyclic) bond motifs is 1. The zero-order chi connectivity index (χ0) is 23.7. The van der Waals surface area contributed by atoms with Crippen molar-refractivity contribution in [3.05, 3.63) is 106 Å². The van der Waals surface area contributed by atoms with Gasteiger partial charge < -0.3 is 8.83 Å². The van der Waals surface area contributed by atoms with Crippen LogP contribution in [0.3, 0.4) is 0 Å². The number of carbonyl (C=O) groups excluding carboxylic acids is 1. The predicted molar refractivity (Wildman–Crippen MR) is 128 cm³/mol. The fraction of sp³-hybridized carbons (Fsp3) is 0.0769. The van der Waals surface area contributed by atoms with Crippen LogP contribution in [0.5, 0.6) is 0 Å². The van der Waals surface area contributed by atoms with E-state index in [0.29, 0.717) is 39.5 Å². The van der Waals surface area contributed by atoms with E-state index in [1.165, 1.54) is 6.21 Å². The summed E-state index contributed by atoms with van der Waals surface area (Å²) in [5, 5.41) is 9.50. The van der Waals surface area contributed by atoms with Crippen LogP contribution in [0.4, 0.5) is 0 Å². The molecule has 1 N–H and O–H groups in total. The summed E-state index contributed by atoms with van der Waals surface area (Å²) < 4.78 is 12.6. The second-order valence-corrected chi connectivity index (χ2v) is 7.72. The number of para-hydroxylation sites is 2. The molecular weight excluding hydrogens is 432 g/mol. The molecule has 0 atom stereocenters. The zero-order valence-corrected chi connectivity index (χ0v) is 18.5. The number of nitrogens with zero attached hydrogens (tertiary/aromatic N) is 3. The third-order valence-corrected chi connectivity index (χ3v) is 5.32. The quantitative estimate of drug-likeness (QED) is 0.238. The molecule has 0 unspecified atom stereocenters. The molecule has 5 rings (SSSR count). The first kappa shape index (κ1) is 21.1. The van der Waals surface area contributed by atoms with Gasteiger partial charge in [-0.25, -0.2) is 14.9 Å². The van der Waals surface area contributed by atoms with Crippen LogP contribution in [-0.4, -0.2) is 21.9 Å². The highest BCUT2D eigenvalue weighted by molar-refractivity contribution is 5.96. The number of hydrogen-bond acceptors (Lipinski definition) is 6. The van der Waals surface area contributed by atoms with Gasteiger partial charge in [0.1, 0.15) is 22.8 Å². The maximum Gasteiger partial charge on any atom is 0.345 e. The van der Waals surface area contributed by atoms with Gasteiger partial charge in [0.15, 0.2) is 0 Å². The van der Waals surface area contributed by atoms with E-state index >= 15 is 0 Å². The summed E-state index contributed by atoms with van der Waals surface area (Å²) in [7, 11) is 0. The Morgan fingerprint density at radius 1 is 1.03 bits per heavy atom. The predicted octanol–water partition coefficient (Wildman–Crippen LogP) is 4.62. The van der Waals surface area contributed by atoms with Crippen molar-refractivity contribution in [3.63, 3.8) is 0 Å². The first-order chi connectivity index (χ1) is 16.5. The molecule has 3 aromatic heterocycles. The maximum atomic E-state index is 12.8. The minimum absolute atomic E-state index is 0.294. The van der Waals surface area contributed by atoms with Crippen LogP contribution in [0, 0.1) is 13.8 Å². The van der Waals surface area contributed by atoms with Crippen molar-refractivity contribution in [1.82, 2.24) is 15.2 Å². The fourth-order valence-electron chi connectivity index (χ4n) is 3.71. The van der Waals surface area contributed by atoms with Gasteiger partial charge in [-0.2, -0.15) is 10.2 Å². The number of amides is 1. The van der Waals surface area contributed by atoms with Crippen LogP contribution in [0.15, 0.2) is 91.7 Å². The number of hydrogen-bond donors (Lipinski definition) is 1. The van der Waals surface area contributed by atoms with Crippen LogP contribution in [0.25, 0.3) is 27.9 Å². The van der Waals surface area contributed by atoms with Crippen molar-refractivity contribution in [2.24, 2.45) is 5.10 Å². The van der Waals surface area contributed by atoms with Gasteiger partial charge in [0, 0.05) is 17.1 Å². The van der Waals surface area contributed by atoms with Crippen LogP contribution < -0.4 is 11.1 Å². The number of benzene rings is 2. The fourth-order valence-corrected chi connectivity index (χ4v) is 3.71. The van der Waals surface area contributed by atoms with E-state index in [1.807, 2.05) is 42.5 Å². The highest BCUT2D eigenvalue weighted by Crippen LogP contribution is 2.23. The molecule has 2 aromatic carbocycles. The van der Waals surface area contributed by atoms with Gasteiger partial charge >= 0.3 is 5.63 Å². The van der Waals surface area contributed by atoms with Crippen molar-refractivity contribution >= 4 is 23.1 Å². The van der Waals surface area contributed by atoms with Crippen molar-refractivity contribution < 1.29 is 13.6 Å². The summed E-state index contributed by atoms with van der Waals surface area (Å²) >= 11 is 0. The van der Waals surface area contributed by atoms with Crippen LogP contribution in [0.1, 0.15) is 27.4 Å². The second kappa shape index (κ2) is 8.67. The van der Waals surface area contributed by atoms with Crippen molar-refractivity contribution in [2.45, 2.75) is 13.8 Å². The SMILES string of the molecule is Cc1cc(C(=O)N/N=C\c2cn(-c3ccccc3)nc2-c2cc3ccccc3oc2=O)c(C)o1. The molecule has 8 heteroatoms. The van der Waals surface area contributed by atoms with Crippen LogP contribution in [-0.2, 0) is 0 Å². The number of hydrazone groups is 1. The average Bonchev–Trinajstić information content (AvgIpc) is 3.41. The summed E-state index contributed by atoms with van der Waals surface area (Å²) in [6, 6.07) is 20.1. The molecular formula is C26H20N4O4. The highest BCUT2D eigenvalue weighted by atomic mass is 16.4. The molecule has 8 nitrogen and oxygen atoms in total. The lowest BCUT2D eigenvalue weighted by molar-refractivity contribution is 0.0953. The molecule has 0 fully saturated rings. The monoisotopic (exact) mass is 452 g/mol. The average molecular weight is 452 g/mol. The second-order valence-electron chi connectivity index (χ2n) is 7.72. The normalized spacial score (nSPS) is 11.4. The molecule has 5 aromatic rings. The maximum absolute atomic E-state index is 12.8. The zero-order valence-electron chi connectivity index (χ0n) is 18.5. The van der Waals surface area contributed by atoms with Crippen molar-refractivity contribution in [3.8, 4) is 16.9 Å². The molecule has 0 saturated carbocycles. The van der Waals surface area contributed by atoms with Gasteiger partial charge in [-0.05, 0) is 44.2 Å². The standard InChI is InChI=1S/C26H20N4O4/c1-16-12-21(17(2)33-16)25(31)28-27-14-19-15-30(20-9-4-3-5-10-20)29-24(19)22-13-18-8-6-7-11-23(18)34-26(22)32/h3-15H,1-2H3,(H,28,31)/b27-14-. The Hall–Kier alpha value is -4.72. The van der Waals surface area contributed by atoms with Gasteiger partial charge in [0.2, 0.25) is 0 Å². The van der Waals surface area contributed by atoms with E-state index in [0.717, 1.165) is 11.1 Å². The van der Waals surface area contributed by atoms with E-state index in [9.17, 15) is 9.59 Å². The first-order valence-electron chi connectivity index (χ1n) is 10.6. The highest BCUT2D eigenvalue weighted by Gasteiger charge is 2.17. The Labute approximate surface area is 194 Å².